The van der Waals surface area contributed by atoms with Crippen LogP contribution in [0, 0.1) is 0 Å². The Morgan fingerprint density at radius 3 is 2.70 bits per heavy atom. The number of aromatic nitrogens is 1. The van der Waals surface area contributed by atoms with E-state index in [1.54, 1.807) is 6.20 Å². The predicted octanol–water partition coefficient (Wildman–Crippen LogP) is 2.14. The summed E-state index contributed by atoms with van der Waals surface area (Å²) in [6.45, 7) is 0. The number of nitrogen functional groups attached to an aromatic ring is 1. The molecule has 0 saturated heterocycles. The maximum Gasteiger partial charge on any atom is 0.0737 e. The van der Waals surface area contributed by atoms with E-state index in [9.17, 15) is 0 Å². The maximum atomic E-state index is 5.54. The number of halogens is 2. The van der Waals surface area contributed by atoms with E-state index in [0.29, 0.717) is 0 Å². The van der Waals surface area contributed by atoms with Crippen LogP contribution in [0.15, 0.2) is 18.3 Å². The third-order valence-electron chi connectivity index (χ3n) is 1.05. The van der Waals surface area contributed by atoms with Crippen molar-refractivity contribution in [2.24, 2.45) is 0 Å². The monoisotopic (exact) mass is 266 g/mol. The lowest BCUT2D eigenvalue weighted by Crippen LogP contribution is -1.92. The summed E-state index contributed by atoms with van der Waals surface area (Å²) in [5, 5.41) is 0.722. The molecule has 0 aromatic carbocycles. The molecule has 0 fully saturated rings. The molecule has 0 aliphatic rings. The molecule has 1 aromatic rings. The van der Waals surface area contributed by atoms with Crippen molar-refractivity contribution < 1.29 is 0 Å². The summed E-state index contributed by atoms with van der Waals surface area (Å²) >= 11 is 3.27. The maximum absolute atomic E-state index is 5.54. The van der Waals surface area contributed by atoms with E-state index in [1.807, 2.05) is 12.1 Å². The molecule has 0 unspecified atom stereocenters. The Balaban J connectivity index is 0.000000810. The molecule has 1 heterocycles. The third kappa shape index (κ3) is 2.27. The van der Waals surface area contributed by atoms with Gasteiger partial charge < -0.3 is 5.73 Å². The molecule has 0 saturated carbocycles. The van der Waals surface area contributed by atoms with Crippen LogP contribution in [0.2, 0.25) is 0 Å². The fraction of sp³-hybridized carbons (Fsp3) is 0.167. The normalized spacial score (nSPS) is 8.50. The molecule has 10 heavy (non-hydrogen) atoms. The number of nitrogens with zero attached hydrogens (tertiary/aromatic N) is 1. The molecule has 1 rings (SSSR count). The summed E-state index contributed by atoms with van der Waals surface area (Å²) in [6, 6.07) is 3.66. The van der Waals surface area contributed by atoms with E-state index < -0.39 is 0 Å². The standard InChI is InChI=1S/C6H7BrN2.BrH/c7-4-6-5(8)2-1-3-9-6;/h1-3H,4,8H2;1H. The Morgan fingerprint density at radius 2 is 2.30 bits per heavy atom. The van der Waals surface area contributed by atoms with Crippen LogP contribution in [0.3, 0.4) is 0 Å². The van der Waals surface area contributed by atoms with Crippen LogP contribution in [0.25, 0.3) is 0 Å². The van der Waals surface area contributed by atoms with Gasteiger partial charge in [-0.2, -0.15) is 0 Å². The first-order valence-corrected chi connectivity index (χ1v) is 3.72. The topological polar surface area (TPSA) is 38.9 Å². The SMILES string of the molecule is Br.Nc1cccnc1CBr. The predicted molar refractivity (Wildman–Crippen MR) is 51.6 cm³/mol. The molecule has 0 spiro atoms. The van der Waals surface area contributed by atoms with E-state index in [2.05, 4.69) is 20.9 Å². The van der Waals surface area contributed by atoms with Crippen molar-refractivity contribution in [2.45, 2.75) is 5.33 Å². The molecule has 0 radical (unpaired) electrons. The van der Waals surface area contributed by atoms with Gasteiger partial charge in [0, 0.05) is 11.5 Å². The van der Waals surface area contributed by atoms with Crippen molar-refractivity contribution in [3.05, 3.63) is 24.0 Å². The summed E-state index contributed by atoms with van der Waals surface area (Å²) in [4.78, 5) is 4.02. The molecular weight excluding hydrogens is 260 g/mol. The number of nitrogens with two attached hydrogens (primary N) is 1. The van der Waals surface area contributed by atoms with E-state index >= 15 is 0 Å². The Bertz CT molecular complexity index is 203. The van der Waals surface area contributed by atoms with E-state index in [4.69, 9.17) is 5.73 Å². The molecule has 0 bridgehead atoms. The van der Waals surface area contributed by atoms with Crippen molar-refractivity contribution in [1.82, 2.24) is 4.98 Å². The molecule has 2 nitrogen and oxygen atoms in total. The van der Waals surface area contributed by atoms with E-state index in [0.717, 1.165) is 16.7 Å². The number of hydrogen-bond donors (Lipinski definition) is 1. The van der Waals surface area contributed by atoms with Crippen LogP contribution in [-0.4, -0.2) is 4.98 Å². The second-order valence-corrected chi connectivity index (χ2v) is 2.23. The minimum Gasteiger partial charge on any atom is -0.397 e. The molecular formula is C6H8Br2N2. The van der Waals surface area contributed by atoms with Crippen LogP contribution >= 0.6 is 32.9 Å². The second kappa shape index (κ2) is 4.68. The van der Waals surface area contributed by atoms with Crippen molar-refractivity contribution in [3.8, 4) is 0 Å². The van der Waals surface area contributed by atoms with Gasteiger partial charge in [-0.15, -0.1) is 17.0 Å². The number of rotatable bonds is 1. The molecule has 0 amide bonds. The van der Waals surface area contributed by atoms with Gasteiger partial charge in [-0.1, -0.05) is 15.9 Å². The summed E-state index contributed by atoms with van der Waals surface area (Å²) in [5.41, 5.74) is 7.18. The van der Waals surface area contributed by atoms with E-state index in [1.165, 1.54) is 0 Å². The summed E-state index contributed by atoms with van der Waals surface area (Å²) < 4.78 is 0. The molecule has 56 valence electrons. The highest BCUT2D eigenvalue weighted by Crippen LogP contribution is 2.09. The van der Waals surface area contributed by atoms with Crippen molar-refractivity contribution in [2.75, 3.05) is 5.73 Å². The second-order valence-electron chi connectivity index (χ2n) is 1.67. The Hall–Kier alpha value is -0.0900. The van der Waals surface area contributed by atoms with Crippen LogP contribution in [0.1, 0.15) is 5.69 Å². The highest BCUT2D eigenvalue weighted by Gasteiger charge is 1.93. The van der Waals surface area contributed by atoms with Crippen molar-refractivity contribution in [1.29, 1.82) is 0 Å². The quantitative estimate of drug-likeness (QED) is 0.792. The highest BCUT2D eigenvalue weighted by atomic mass is 79.9. The van der Waals surface area contributed by atoms with Gasteiger partial charge in [0.2, 0.25) is 0 Å². The Morgan fingerprint density at radius 1 is 1.60 bits per heavy atom. The first kappa shape index (κ1) is 9.91. The first-order chi connectivity index (χ1) is 4.34. The van der Waals surface area contributed by atoms with Gasteiger partial charge in [0.25, 0.3) is 0 Å². The van der Waals surface area contributed by atoms with Crippen molar-refractivity contribution in [3.63, 3.8) is 0 Å². The van der Waals surface area contributed by atoms with Crippen LogP contribution in [-0.2, 0) is 5.33 Å². The fourth-order valence-corrected chi connectivity index (χ4v) is 1.03. The molecule has 2 N–H and O–H groups in total. The lowest BCUT2D eigenvalue weighted by atomic mass is 10.3. The summed E-state index contributed by atoms with van der Waals surface area (Å²) in [7, 11) is 0. The summed E-state index contributed by atoms with van der Waals surface area (Å²) in [6.07, 6.45) is 1.73. The zero-order valence-electron chi connectivity index (χ0n) is 5.25. The minimum absolute atomic E-state index is 0. The van der Waals surface area contributed by atoms with Gasteiger partial charge in [0.15, 0.2) is 0 Å². The van der Waals surface area contributed by atoms with Gasteiger partial charge in [-0.05, 0) is 12.1 Å². The van der Waals surface area contributed by atoms with Gasteiger partial charge in [-0.3, -0.25) is 4.98 Å². The highest BCUT2D eigenvalue weighted by molar-refractivity contribution is 9.08. The van der Waals surface area contributed by atoms with Crippen LogP contribution < -0.4 is 5.73 Å². The van der Waals surface area contributed by atoms with Crippen LogP contribution in [0.4, 0.5) is 5.69 Å². The van der Waals surface area contributed by atoms with Gasteiger partial charge in [0.05, 0.1) is 11.4 Å². The minimum atomic E-state index is 0. The zero-order chi connectivity index (χ0) is 6.69. The largest absolute Gasteiger partial charge is 0.397 e. The lowest BCUT2D eigenvalue weighted by molar-refractivity contribution is 1.19. The number of pyridine rings is 1. The summed E-state index contributed by atoms with van der Waals surface area (Å²) in [5.74, 6) is 0. The molecule has 0 atom stereocenters. The number of anilines is 1. The lowest BCUT2D eigenvalue weighted by Gasteiger charge is -1.96. The third-order valence-corrected chi connectivity index (χ3v) is 1.58. The molecule has 1 aromatic heterocycles. The number of alkyl halides is 1. The van der Waals surface area contributed by atoms with Gasteiger partial charge in [0.1, 0.15) is 0 Å². The fourth-order valence-electron chi connectivity index (χ4n) is 0.562. The average molecular weight is 268 g/mol. The average Bonchev–Trinajstić information content (AvgIpc) is 1.89. The van der Waals surface area contributed by atoms with Crippen molar-refractivity contribution >= 4 is 38.6 Å². The molecule has 0 aliphatic carbocycles. The molecule has 4 heteroatoms. The Labute approximate surface area is 78.7 Å². The van der Waals surface area contributed by atoms with Gasteiger partial charge >= 0.3 is 0 Å². The van der Waals surface area contributed by atoms with Gasteiger partial charge in [-0.25, -0.2) is 0 Å². The smallest absolute Gasteiger partial charge is 0.0737 e. The number of hydrogen-bond acceptors (Lipinski definition) is 2. The van der Waals surface area contributed by atoms with E-state index in [-0.39, 0.29) is 17.0 Å². The Kier molecular flexibility index (Phi) is 4.64. The zero-order valence-corrected chi connectivity index (χ0v) is 8.55. The first-order valence-electron chi connectivity index (χ1n) is 2.60. The molecule has 0 aliphatic heterocycles. The van der Waals surface area contributed by atoms with Crippen LogP contribution in [0.5, 0.6) is 0 Å².